The second kappa shape index (κ2) is 7.31. The summed E-state index contributed by atoms with van der Waals surface area (Å²) in [5.74, 6) is 0.952. The first-order chi connectivity index (χ1) is 10.1. The molecule has 2 rings (SSSR count). The molecule has 116 valence electrons. The van der Waals surface area contributed by atoms with E-state index >= 15 is 0 Å². The first-order valence-electron chi connectivity index (χ1n) is 7.47. The summed E-state index contributed by atoms with van der Waals surface area (Å²) >= 11 is 0. The van der Waals surface area contributed by atoms with E-state index in [0.29, 0.717) is 30.3 Å². The van der Waals surface area contributed by atoms with Crippen molar-refractivity contribution in [2.24, 2.45) is 0 Å². The lowest BCUT2D eigenvalue weighted by molar-refractivity contribution is 0.0259. The number of esters is 1. The van der Waals surface area contributed by atoms with Crippen molar-refractivity contribution in [3.05, 3.63) is 23.8 Å². The predicted octanol–water partition coefficient (Wildman–Crippen LogP) is 2.34. The van der Waals surface area contributed by atoms with Crippen LogP contribution >= 0.6 is 0 Å². The van der Waals surface area contributed by atoms with E-state index < -0.39 is 0 Å². The topological polar surface area (TPSA) is 48.0 Å². The summed E-state index contributed by atoms with van der Waals surface area (Å²) in [6.45, 7) is 9.78. The van der Waals surface area contributed by atoms with E-state index in [2.05, 4.69) is 18.7 Å². The molecular formula is C16H23NO4. The first-order valence-corrected chi connectivity index (χ1v) is 7.47. The lowest BCUT2D eigenvalue weighted by Crippen LogP contribution is -2.33. The van der Waals surface area contributed by atoms with E-state index in [1.165, 1.54) is 0 Å². The van der Waals surface area contributed by atoms with Gasteiger partial charge < -0.3 is 19.1 Å². The first kappa shape index (κ1) is 15.6. The molecule has 0 saturated carbocycles. The minimum Gasteiger partial charge on any atom is -0.486 e. The number of carbonyl (C=O) groups excluding carboxylic acids is 1. The zero-order valence-electron chi connectivity index (χ0n) is 12.9. The summed E-state index contributed by atoms with van der Waals surface area (Å²) in [7, 11) is 0. The van der Waals surface area contributed by atoms with Gasteiger partial charge in [-0.05, 0) is 38.2 Å². The van der Waals surface area contributed by atoms with Gasteiger partial charge in [-0.25, -0.2) is 4.79 Å². The third-order valence-electron chi connectivity index (χ3n) is 3.50. The quantitative estimate of drug-likeness (QED) is 0.753. The number of rotatable bonds is 6. The molecule has 1 atom stereocenters. The largest absolute Gasteiger partial charge is 0.486 e. The van der Waals surface area contributed by atoms with E-state index in [1.54, 1.807) is 18.2 Å². The second-order valence-corrected chi connectivity index (χ2v) is 5.06. The van der Waals surface area contributed by atoms with Crippen molar-refractivity contribution in [3.63, 3.8) is 0 Å². The van der Waals surface area contributed by atoms with Crippen molar-refractivity contribution < 1.29 is 19.0 Å². The molecule has 0 aliphatic carbocycles. The van der Waals surface area contributed by atoms with Crippen LogP contribution in [0.3, 0.4) is 0 Å². The van der Waals surface area contributed by atoms with Gasteiger partial charge in [0.15, 0.2) is 11.5 Å². The Kier molecular flexibility index (Phi) is 5.44. The van der Waals surface area contributed by atoms with Gasteiger partial charge in [0.1, 0.15) is 19.3 Å². The molecule has 5 heteroatoms. The van der Waals surface area contributed by atoms with Gasteiger partial charge in [-0.3, -0.25) is 0 Å². The number of likely N-dealkylation sites (N-methyl/N-ethyl adjacent to an activating group) is 1. The molecule has 1 aliphatic heterocycles. The molecule has 1 unspecified atom stereocenters. The number of carbonyl (C=O) groups is 1. The Bertz CT molecular complexity index is 485. The van der Waals surface area contributed by atoms with Gasteiger partial charge in [-0.15, -0.1) is 0 Å². The predicted molar refractivity (Wildman–Crippen MR) is 80.1 cm³/mol. The molecule has 1 aromatic rings. The van der Waals surface area contributed by atoms with Crippen LogP contribution in [0.2, 0.25) is 0 Å². The summed E-state index contributed by atoms with van der Waals surface area (Å²) < 4.78 is 16.4. The molecule has 0 aromatic heterocycles. The molecule has 0 N–H and O–H groups in total. The summed E-state index contributed by atoms with van der Waals surface area (Å²) in [5, 5.41) is 0. The summed E-state index contributed by atoms with van der Waals surface area (Å²) in [6.07, 6.45) is -0.148. The number of hydrogen-bond donors (Lipinski definition) is 0. The van der Waals surface area contributed by atoms with E-state index in [9.17, 15) is 4.79 Å². The molecule has 1 heterocycles. The highest BCUT2D eigenvalue weighted by atomic mass is 16.6. The van der Waals surface area contributed by atoms with Gasteiger partial charge >= 0.3 is 5.97 Å². The third kappa shape index (κ3) is 4.11. The Labute approximate surface area is 125 Å². The van der Waals surface area contributed by atoms with Crippen LogP contribution in [0.1, 0.15) is 31.1 Å². The van der Waals surface area contributed by atoms with E-state index in [4.69, 9.17) is 14.2 Å². The maximum absolute atomic E-state index is 12.2. The monoisotopic (exact) mass is 293 g/mol. The fourth-order valence-electron chi connectivity index (χ4n) is 2.30. The molecule has 0 fully saturated rings. The van der Waals surface area contributed by atoms with Gasteiger partial charge in [-0.1, -0.05) is 13.8 Å². The number of nitrogens with zero attached hydrogens (tertiary/aromatic N) is 1. The fourth-order valence-corrected chi connectivity index (χ4v) is 2.30. The van der Waals surface area contributed by atoms with Crippen LogP contribution in [0.4, 0.5) is 0 Å². The summed E-state index contributed by atoms with van der Waals surface area (Å²) in [4.78, 5) is 14.4. The zero-order valence-corrected chi connectivity index (χ0v) is 12.9. The molecule has 1 aromatic carbocycles. The Balaban J connectivity index is 1.96. The van der Waals surface area contributed by atoms with Crippen molar-refractivity contribution >= 4 is 5.97 Å². The molecule has 5 nitrogen and oxygen atoms in total. The fraction of sp³-hybridized carbons (Fsp3) is 0.562. The molecule has 1 aliphatic rings. The minimum absolute atomic E-state index is 0.148. The van der Waals surface area contributed by atoms with Gasteiger partial charge in [0.2, 0.25) is 0 Å². The van der Waals surface area contributed by atoms with Gasteiger partial charge in [0.25, 0.3) is 0 Å². The standard InChI is InChI=1S/C16H23NO4/c1-4-17(5-2)11-12(3)21-16(18)13-6-7-14-15(10-13)20-9-8-19-14/h6-7,10,12H,4-5,8-9,11H2,1-3H3. The molecule has 0 spiro atoms. The van der Waals surface area contributed by atoms with E-state index in [0.717, 1.165) is 19.6 Å². The minimum atomic E-state index is -0.327. The lowest BCUT2D eigenvalue weighted by atomic mass is 10.2. The number of ether oxygens (including phenoxy) is 3. The van der Waals surface area contributed by atoms with E-state index in [-0.39, 0.29) is 12.1 Å². The van der Waals surface area contributed by atoms with Crippen molar-refractivity contribution in [2.75, 3.05) is 32.8 Å². The Morgan fingerprint density at radius 2 is 1.90 bits per heavy atom. The highest BCUT2D eigenvalue weighted by molar-refractivity contribution is 5.90. The zero-order chi connectivity index (χ0) is 15.2. The SMILES string of the molecule is CCN(CC)CC(C)OC(=O)c1ccc2c(c1)OCCO2. The van der Waals surface area contributed by atoms with E-state index in [1.807, 2.05) is 6.92 Å². The van der Waals surface area contributed by atoms with Crippen LogP contribution in [0.5, 0.6) is 11.5 Å². The normalized spacial score (nSPS) is 14.9. The second-order valence-electron chi connectivity index (χ2n) is 5.06. The van der Waals surface area contributed by atoms with Gasteiger partial charge in [0.05, 0.1) is 5.56 Å². The number of benzene rings is 1. The maximum Gasteiger partial charge on any atom is 0.338 e. The summed E-state index contributed by atoms with van der Waals surface area (Å²) in [6, 6.07) is 5.14. The summed E-state index contributed by atoms with van der Waals surface area (Å²) in [5.41, 5.74) is 0.491. The molecular weight excluding hydrogens is 270 g/mol. The smallest absolute Gasteiger partial charge is 0.338 e. The number of hydrogen-bond acceptors (Lipinski definition) is 5. The molecule has 0 saturated heterocycles. The molecule has 0 radical (unpaired) electrons. The van der Waals surface area contributed by atoms with Crippen LogP contribution in [0, 0.1) is 0 Å². The average Bonchev–Trinajstić information content (AvgIpc) is 2.52. The highest BCUT2D eigenvalue weighted by Crippen LogP contribution is 2.31. The van der Waals surface area contributed by atoms with Crippen LogP contribution in [0.25, 0.3) is 0 Å². The maximum atomic E-state index is 12.2. The van der Waals surface area contributed by atoms with Crippen molar-refractivity contribution in [3.8, 4) is 11.5 Å². The Morgan fingerprint density at radius 3 is 2.57 bits per heavy atom. The Morgan fingerprint density at radius 1 is 1.24 bits per heavy atom. The van der Waals surface area contributed by atoms with Crippen molar-refractivity contribution in [1.82, 2.24) is 4.90 Å². The van der Waals surface area contributed by atoms with Gasteiger partial charge in [-0.2, -0.15) is 0 Å². The molecule has 0 amide bonds. The lowest BCUT2D eigenvalue weighted by Gasteiger charge is -2.23. The van der Waals surface area contributed by atoms with Crippen molar-refractivity contribution in [1.29, 1.82) is 0 Å². The van der Waals surface area contributed by atoms with Gasteiger partial charge in [0, 0.05) is 6.54 Å². The van der Waals surface area contributed by atoms with Crippen LogP contribution < -0.4 is 9.47 Å². The molecule has 0 bridgehead atoms. The van der Waals surface area contributed by atoms with Crippen LogP contribution in [-0.2, 0) is 4.74 Å². The van der Waals surface area contributed by atoms with Crippen LogP contribution in [0.15, 0.2) is 18.2 Å². The van der Waals surface area contributed by atoms with Crippen LogP contribution in [-0.4, -0.2) is 49.8 Å². The number of fused-ring (bicyclic) bond motifs is 1. The third-order valence-corrected chi connectivity index (χ3v) is 3.50. The van der Waals surface area contributed by atoms with Crippen molar-refractivity contribution in [2.45, 2.75) is 26.9 Å². The Hall–Kier alpha value is -1.75. The molecule has 21 heavy (non-hydrogen) atoms. The highest BCUT2D eigenvalue weighted by Gasteiger charge is 2.18. The average molecular weight is 293 g/mol.